The third kappa shape index (κ3) is 5.22. The van der Waals surface area contributed by atoms with Gasteiger partial charge in [0.05, 0.1) is 11.0 Å². The molecule has 10 aromatic rings. The zero-order valence-corrected chi connectivity index (χ0v) is 31.7. The van der Waals surface area contributed by atoms with Crippen molar-refractivity contribution in [3.8, 4) is 16.8 Å². The highest BCUT2D eigenvalue weighted by atomic mass is 32.1. The van der Waals surface area contributed by atoms with Gasteiger partial charge in [-0.05, 0) is 53.9 Å². The van der Waals surface area contributed by atoms with Crippen molar-refractivity contribution in [2.75, 3.05) is 0 Å². The van der Waals surface area contributed by atoms with E-state index >= 15 is 0 Å². The van der Waals surface area contributed by atoms with Gasteiger partial charge in [0, 0.05) is 64.4 Å². The van der Waals surface area contributed by atoms with Gasteiger partial charge in [-0.1, -0.05) is 140 Å². The van der Waals surface area contributed by atoms with Crippen LogP contribution < -0.4 is 10.6 Å². The molecule has 12 rings (SSSR count). The van der Waals surface area contributed by atoms with Crippen molar-refractivity contribution in [2.24, 2.45) is 10.9 Å². The number of nitrogens with one attached hydrogen (secondary N) is 2. The van der Waals surface area contributed by atoms with Crippen LogP contribution in [0, 0.1) is 5.92 Å². The molecule has 7 aromatic carbocycles. The molecule has 3 aromatic heterocycles. The lowest BCUT2D eigenvalue weighted by molar-refractivity contribution is 0.401. The van der Waals surface area contributed by atoms with Gasteiger partial charge >= 0.3 is 0 Å². The summed E-state index contributed by atoms with van der Waals surface area (Å²) in [5, 5.41) is 14.9. The van der Waals surface area contributed by atoms with Gasteiger partial charge < -0.3 is 14.3 Å². The van der Waals surface area contributed by atoms with Crippen LogP contribution in [0.4, 0.5) is 0 Å². The largest absolute Gasteiger partial charge is 0.455 e. The Morgan fingerprint density at radius 3 is 2.19 bits per heavy atom. The van der Waals surface area contributed by atoms with Crippen molar-refractivity contribution in [2.45, 2.75) is 18.8 Å². The maximum absolute atomic E-state index is 6.81. The molecule has 272 valence electrons. The van der Waals surface area contributed by atoms with Crippen LogP contribution in [-0.4, -0.2) is 10.4 Å². The topological polar surface area (TPSA) is 54.5 Å². The molecule has 57 heavy (non-hydrogen) atoms. The Hall–Kier alpha value is -6.73. The van der Waals surface area contributed by atoms with Crippen LogP contribution in [0.3, 0.4) is 0 Å². The number of amidine groups is 1. The molecule has 0 bridgehead atoms. The molecule has 6 heteroatoms. The van der Waals surface area contributed by atoms with E-state index in [9.17, 15) is 0 Å². The van der Waals surface area contributed by atoms with E-state index in [1.807, 2.05) is 11.3 Å². The standard InChI is InChI=1S/C51H36N4OS/c1-3-13-31(14-4-1)49-52-50(32-15-5-2-6-16-32)54-51(53-49)41-21-12-24-44-47(41)40-20-11-19-35(48(40)56-44)33-25-27-38-39-28-26-34(30-46(39)57-45(38)29-33)55-42-22-9-7-17-36(42)37-18-8-10-23-43(37)55/h1-15,17-30,32,49,51,53H,16H2,(H,52,54). The smallest absolute Gasteiger partial charge is 0.143 e. The highest BCUT2D eigenvalue weighted by Gasteiger charge is 2.30. The molecule has 0 saturated heterocycles. The fraction of sp³-hybridized carbons (Fsp3) is 0.0784. The SMILES string of the molecule is C1=CCC(C2=NC(c3cccc4oc5c(-c6ccc7c(c6)sc6cc(-n8c9ccccc9c9ccccc98)ccc67)cccc5c34)NC(c3ccccc3)N2)C=C1. The molecule has 0 saturated carbocycles. The average molecular weight is 753 g/mol. The summed E-state index contributed by atoms with van der Waals surface area (Å²) in [4.78, 5) is 5.34. The van der Waals surface area contributed by atoms with Crippen molar-refractivity contribution in [1.82, 2.24) is 15.2 Å². The molecule has 2 aliphatic rings. The minimum atomic E-state index is -0.263. The number of hydrogen-bond donors (Lipinski definition) is 2. The van der Waals surface area contributed by atoms with Gasteiger partial charge in [-0.2, -0.15) is 0 Å². The molecular formula is C51H36N4OS. The van der Waals surface area contributed by atoms with Gasteiger partial charge in [-0.15, -0.1) is 11.3 Å². The maximum Gasteiger partial charge on any atom is 0.143 e. The van der Waals surface area contributed by atoms with Gasteiger partial charge in [0.1, 0.15) is 29.3 Å². The van der Waals surface area contributed by atoms with Gasteiger partial charge in [0.15, 0.2) is 0 Å². The Labute approximate surface area is 332 Å². The second-order valence-corrected chi connectivity index (χ2v) is 16.2. The number of hydrogen-bond acceptors (Lipinski definition) is 5. The summed E-state index contributed by atoms with van der Waals surface area (Å²) >= 11 is 1.85. The summed E-state index contributed by atoms with van der Waals surface area (Å²) in [6.07, 6.45) is 9.27. The summed E-state index contributed by atoms with van der Waals surface area (Å²) in [6, 6.07) is 54.7. The van der Waals surface area contributed by atoms with Crippen molar-refractivity contribution in [3.05, 3.63) is 187 Å². The average Bonchev–Trinajstić information content (AvgIpc) is 3.96. The first-order valence-corrected chi connectivity index (χ1v) is 20.4. The maximum atomic E-state index is 6.81. The first-order chi connectivity index (χ1) is 28.2. The number of fused-ring (bicyclic) bond motifs is 9. The van der Waals surface area contributed by atoms with Crippen LogP contribution in [0.1, 0.15) is 29.9 Å². The second-order valence-electron chi connectivity index (χ2n) is 15.1. The fourth-order valence-corrected chi connectivity index (χ4v) is 10.3. The van der Waals surface area contributed by atoms with Gasteiger partial charge in [-0.3, -0.25) is 5.32 Å². The van der Waals surface area contributed by atoms with E-state index in [0.717, 1.165) is 50.9 Å². The Balaban J connectivity index is 0.959. The Morgan fingerprint density at radius 1 is 0.649 bits per heavy atom. The van der Waals surface area contributed by atoms with E-state index in [1.165, 1.54) is 53.2 Å². The number of nitrogens with zero attached hydrogens (tertiary/aromatic N) is 2. The van der Waals surface area contributed by atoms with Crippen molar-refractivity contribution >= 4 is 81.1 Å². The Morgan fingerprint density at radius 2 is 1.39 bits per heavy atom. The molecule has 0 spiro atoms. The molecule has 1 aliphatic heterocycles. The summed E-state index contributed by atoms with van der Waals surface area (Å²) in [7, 11) is 0. The molecule has 3 unspecified atom stereocenters. The van der Waals surface area contributed by atoms with E-state index in [2.05, 4.69) is 191 Å². The number of thiophene rings is 1. The van der Waals surface area contributed by atoms with Crippen molar-refractivity contribution in [3.63, 3.8) is 0 Å². The number of allylic oxidation sites excluding steroid dienone is 3. The number of aromatic nitrogens is 1. The number of rotatable bonds is 5. The third-order valence-corrected chi connectivity index (χ3v) is 12.9. The van der Waals surface area contributed by atoms with Gasteiger partial charge in [-0.25, -0.2) is 4.99 Å². The van der Waals surface area contributed by atoms with Crippen LogP contribution in [0.15, 0.2) is 185 Å². The molecule has 4 heterocycles. The van der Waals surface area contributed by atoms with Gasteiger partial charge in [0.25, 0.3) is 0 Å². The number of furan rings is 1. The van der Waals surface area contributed by atoms with Crippen LogP contribution >= 0.6 is 11.3 Å². The Kier molecular flexibility index (Phi) is 7.37. The molecule has 0 fully saturated rings. The molecule has 1 aliphatic carbocycles. The number of benzene rings is 7. The molecule has 2 N–H and O–H groups in total. The summed E-state index contributed by atoms with van der Waals surface area (Å²) in [5.74, 6) is 1.19. The zero-order valence-electron chi connectivity index (χ0n) is 30.9. The highest BCUT2D eigenvalue weighted by molar-refractivity contribution is 7.25. The van der Waals surface area contributed by atoms with Crippen LogP contribution in [-0.2, 0) is 0 Å². The lowest BCUT2D eigenvalue weighted by Crippen LogP contribution is -2.47. The first-order valence-electron chi connectivity index (χ1n) is 19.6. The molecule has 0 radical (unpaired) electrons. The molecule has 0 amide bonds. The van der Waals surface area contributed by atoms with Crippen molar-refractivity contribution < 1.29 is 4.42 Å². The normalized spacial score (nSPS) is 18.3. The van der Waals surface area contributed by atoms with E-state index in [0.29, 0.717) is 0 Å². The van der Waals surface area contributed by atoms with E-state index in [-0.39, 0.29) is 18.2 Å². The second kappa shape index (κ2) is 12.9. The summed E-state index contributed by atoms with van der Waals surface area (Å²) in [5.41, 5.74) is 9.90. The molecular weight excluding hydrogens is 717 g/mol. The lowest BCUT2D eigenvalue weighted by Gasteiger charge is -2.34. The van der Waals surface area contributed by atoms with E-state index in [4.69, 9.17) is 9.41 Å². The molecule has 5 nitrogen and oxygen atoms in total. The van der Waals surface area contributed by atoms with Gasteiger partial charge in [0.2, 0.25) is 0 Å². The predicted octanol–water partition coefficient (Wildman–Crippen LogP) is 13.1. The highest BCUT2D eigenvalue weighted by Crippen LogP contribution is 2.43. The van der Waals surface area contributed by atoms with E-state index < -0.39 is 0 Å². The molecule has 3 atom stereocenters. The monoisotopic (exact) mass is 752 g/mol. The number of para-hydroxylation sites is 3. The summed E-state index contributed by atoms with van der Waals surface area (Å²) in [6.45, 7) is 0. The number of aliphatic imine (C=N–C) groups is 1. The van der Waals surface area contributed by atoms with Crippen LogP contribution in [0.5, 0.6) is 0 Å². The zero-order chi connectivity index (χ0) is 37.5. The lowest BCUT2D eigenvalue weighted by atomic mass is 9.96. The quantitative estimate of drug-likeness (QED) is 0.184. The minimum Gasteiger partial charge on any atom is -0.455 e. The minimum absolute atomic E-state index is 0.0851. The third-order valence-electron chi connectivity index (χ3n) is 11.8. The Bertz CT molecular complexity index is 3260. The predicted molar refractivity (Wildman–Crippen MR) is 238 cm³/mol. The van der Waals surface area contributed by atoms with Crippen LogP contribution in [0.2, 0.25) is 0 Å². The summed E-state index contributed by atoms with van der Waals surface area (Å²) < 4.78 is 11.7. The van der Waals surface area contributed by atoms with E-state index in [1.54, 1.807) is 0 Å². The van der Waals surface area contributed by atoms with Crippen LogP contribution in [0.25, 0.3) is 80.7 Å². The first kappa shape index (κ1) is 32.5. The fourth-order valence-electron chi connectivity index (χ4n) is 9.13. The van der Waals surface area contributed by atoms with Crippen molar-refractivity contribution in [1.29, 1.82) is 0 Å².